The second-order valence-electron chi connectivity index (χ2n) is 7.15. The molecule has 0 radical (unpaired) electrons. The Morgan fingerprint density at radius 2 is 2.28 bits per heavy atom. The van der Waals surface area contributed by atoms with Gasteiger partial charge in [-0.1, -0.05) is 12.1 Å². The van der Waals surface area contributed by atoms with Gasteiger partial charge >= 0.3 is 0 Å². The zero-order chi connectivity index (χ0) is 17.0. The van der Waals surface area contributed by atoms with E-state index in [2.05, 4.69) is 41.2 Å². The van der Waals surface area contributed by atoms with Crippen molar-refractivity contribution in [2.24, 2.45) is 10.4 Å². The van der Waals surface area contributed by atoms with E-state index in [9.17, 15) is 0 Å². The molecule has 0 amide bonds. The Morgan fingerprint density at radius 1 is 1.44 bits per heavy atom. The lowest BCUT2D eigenvalue weighted by Gasteiger charge is -2.26. The van der Waals surface area contributed by atoms with Gasteiger partial charge in [-0.3, -0.25) is 4.99 Å². The fourth-order valence-corrected chi connectivity index (χ4v) is 3.62. The van der Waals surface area contributed by atoms with Crippen LogP contribution in [0.4, 0.5) is 0 Å². The van der Waals surface area contributed by atoms with Crippen LogP contribution in [0.3, 0.4) is 0 Å². The maximum atomic E-state index is 5.99. The topological polar surface area (TPSA) is 46.1 Å². The van der Waals surface area contributed by atoms with Gasteiger partial charge in [-0.05, 0) is 44.4 Å². The van der Waals surface area contributed by atoms with Gasteiger partial charge in [-0.2, -0.15) is 0 Å². The van der Waals surface area contributed by atoms with Gasteiger partial charge in [0.1, 0.15) is 11.9 Å². The highest BCUT2D eigenvalue weighted by Crippen LogP contribution is 2.38. The van der Waals surface area contributed by atoms with Crippen molar-refractivity contribution in [1.29, 1.82) is 0 Å². The van der Waals surface area contributed by atoms with Gasteiger partial charge < -0.3 is 19.7 Å². The number of guanidine groups is 1. The molecular weight excluding hydrogens is 429 g/mol. The molecule has 1 N–H and O–H groups in total. The number of aryl methyl sites for hydroxylation is 1. The quantitative estimate of drug-likeness (QED) is 0.427. The molecule has 2 aliphatic rings. The summed E-state index contributed by atoms with van der Waals surface area (Å²) in [6.45, 7) is 8.79. The van der Waals surface area contributed by atoms with Crippen LogP contribution in [0.2, 0.25) is 0 Å². The number of rotatable bonds is 4. The Kier molecular flexibility index (Phi) is 7.37. The van der Waals surface area contributed by atoms with Gasteiger partial charge in [0.15, 0.2) is 5.96 Å². The number of ether oxygens (including phenoxy) is 2. The average Bonchev–Trinajstić information content (AvgIpc) is 3.19. The first kappa shape index (κ1) is 20.3. The predicted molar refractivity (Wildman–Crippen MR) is 112 cm³/mol. The minimum Gasteiger partial charge on any atom is -0.489 e. The van der Waals surface area contributed by atoms with E-state index in [-0.39, 0.29) is 30.1 Å². The third kappa shape index (κ3) is 5.23. The Labute approximate surface area is 168 Å². The first-order valence-electron chi connectivity index (χ1n) is 8.87. The first-order valence-corrected chi connectivity index (χ1v) is 8.87. The number of benzene rings is 1. The zero-order valence-electron chi connectivity index (χ0n) is 15.5. The molecule has 1 spiro atoms. The summed E-state index contributed by atoms with van der Waals surface area (Å²) >= 11 is 0. The van der Waals surface area contributed by atoms with Crippen LogP contribution in [0.5, 0.6) is 5.75 Å². The highest BCUT2D eigenvalue weighted by Gasteiger charge is 2.42. The number of hydrogen-bond acceptors (Lipinski definition) is 3. The van der Waals surface area contributed by atoms with Crippen molar-refractivity contribution in [3.63, 3.8) is 0 Å². The SMILES string of the molecule is CN=C(NCC(C)Oc1cccc(C)c1)N1CCC2(CCOC2)C1.I. The van der Waals surface area contributed by atoms with Gasteiger partial charge in [-0.25, -0.2) is 0 Å². The molecule has 3 rings (SSSR count). The molecule has 2 saturated heterocycles. The number of hydrogen-bond donors (Lipinski definition) is 1. The van der Waals surface area contributed by atoms with Crippen molar-refractivity contribution in [2.45, 2.75) is 32.8 Å². The molecule has 2 unspecified atom stereocenters. The summed E-state index contributed by atoms with van der Waals surface area (Å²) in [5.41, 5.74) is 1.56. The molecule has 0 aromatic heterocycles. The van der Waals surface area contributed by atoms with Crippen LogP contribution in [0.1, 0.15) is 25.3 Å². The van der Waals surface area contributed by atoms with Crippen molar-refractivity contribution < 1.29 is 9.47 Å². The maximum absolute atomic E-state index is 5.99. The summed E-state index contributed by atoms with van der Waals surface area (Å²) in [5, 5.41) is 3.46. The molecule has 0 aliphatic carbocycles. The number of nitrogens with zero attached hydrogens (tertiary/aromatic N) is 2. The van der Waals surface area contributed by atoms with Crippen LogP contribution in [0, 0.1) is 12.3 Å². The fourth-order valence-electron chi connectivity index (χ4n) is 3.62. The van der Waals surface area contributed by atoms with Crippen LogP contribution < -0.4 is 10.1 Å². The smallest absolute Gasteiger partial charge is 0.193 e. The van der Waals surface area contributed by atoms with E-state index in [4.69, 9.17) is 9.47 Å². The summed E-state index contributed by atoms with van der Waals surface area (Å²) in [6, 6.07) is 8.17. The Bertz CT molecular complexity index is 588. The summed E-state index contributed by atoms with van der Waals surface area (Å²) in [7, 11) is 1.85. The van der Waals surface area contributed by atoms with Crippen molar-refractivity contribution in [2.75, 3.05) is 39.9 Å². The summed E-state index contributed by atoms with van der Waals surface area (Å²) in [4.78, 5) is 6.81. The highest BCUT2D eigenvalue weighted by atomic mass is 127. The molecule has 140 valence electrons. The summed E-state index contributed by atoms with van der Waals surface area (Å²) in [6.07, 6.45) is 2.45. The second-order valence-corrected chi connectivity index (χ2v) is 7.15. The van der Waals surface area contributed by atoms with E-state index < -0.39 is 0 Å². The molecule has 5 nitrogen and oxygen atoms in total. The van der Waals surface area contributed by atoms with E-state index in [0.717, 1.165) is 44.6 Å². The largest absolute Gasteiger partial charge is 0.489 e. The molecule has 2 aliphatic heterocycles. The number of likely N-dealkylation sites (tertiary alicyclic amines) is 1. The molecule has 6 heteroatoms. The molecule has 2 heterocycles. The third-order valence-electron chi connectivity index (χ3n) is 5.01. The molecule has 25 heavy (non-hydrogen) atoms. The highest BCUT2D eigenvalue weighted by molar-refractivity contribution is 14.0. The van der Waals surface area contributed by atoms with Gasteiger partial charge in [0.2, 0.25) is 0 Å². The molecule has 2 atom stereocenters. The van der Waals surface area contributed by atoms with E-state index >= 15 is 0 Å². The molecule has 0 bridgehead atoms. The van der Waals surface area contributed by atoms with Crippen LogP contribution in [-0.4, -0.2) is 56.9 Å². The van der Waals surface area contributed by atoms with Crippen LogP contribution in [-0.2, 0) is 4.74 Å². The molecule has 1 aromatic rings. The van der Waals surface area contributed by atoms with Crippen LogP contribution in [0.15, 0.2) is 29.3 Å². The molecule has 2 fully saturated rings. The Morgan fingerprint density at radius 3 is 2.96 bits per heavy atom. The van der Waals surface area contributed by atoms with Gasteiger partial charge in [-0.15, -0.1) is 24.0 Å². The lowest BCUT2D eigenvalue weighted by atomic mass is 9.87. The van der Waals surface area contributed by atoms with E-state index in [1.807, 2.05) is 19.2 Å². The zero-order valence-corrected chi connectivity index (χ0v) is 17.8. The molecular formula is C19H30IN3O2. The third-order valence-corrected chi connectivity index (χ3v) is 5.01. The number of halogens is 1. The minimum atomic E-state index is 0. The number of nitrogens with one attached hydrogen (secondary N) is 1. The predicted octanol–water partition coefficient (Wildman–Crippen LogP) is 3.07. The van der Waals surface area contributed by atoms with Crippen molar-refractivity contribution in [3.05, 3.63) is 29.8 Å². The van der Waals surface area contributed by atoms with Gasteiger partial charge in [0.25, 0.3) is 0 Å². The minimum absolute atomic E-state index is 0. The summed E-state index contributed by atoms with van der Waals surface area (Å²) < 4.78 is 11.6. The maximum Gasteiger partial charge on any atom is 0.193 e. The van der Waals surface area contributed by atoms with Crippen LogP contribution >= 0.6 is 24.0 Å². The Balaban J connectivity index is 0.00000225. The van der Waals surface area contributed by atoms with Crippen molar-refractivity contribution >= 4 is 29.9 Å². The van der Waals surface area contributed by atoms with Crippen molar-refractivity contribution in [3.8, 4) is 5.75 Å². The fraction of sp³-hybridized carbons (Fsp3) is 0.632. The lowest BCUT2D eigenvalue weighted by molar-refractivity contribution is 0.156. The van der Waals surface area contributed by atoms with Gasteiger partial charge in [0.05, 0.1) is 13.2 Å². The van der Waals surface area contributed by atoms with Crippen LogP contribution in [0.25, 0.3) is 0 Å². The van der Waals surface area contributed by atoms with E-state index in [0.29, 0.717) is 5.41 Å². The Hall–Kier alpha value is -1.02. The normalized spacial score (nSPS) is 24.3. The first-order chi connectivity index (χ1) is 11.6. The standard InChI is InChI=1S/C19H29N3O2.HI/c1-15-5-4-6-17(11-15)24-16(2)12-21-18(20-3)22-9-7-19(13-22)8-10-23-14-19;/h4-6,11,16H,7-10,12-14H2,1-3H3,(H,20,21);1H. The average molecular weight is 459 g/mol. The van der Waals surface area contributed by atoms with E-state index in [1.54, 1.807) is 0 Å². The summed E-state index contributed by atoms with van der Waals surface area (Å²) in [5.74, 6) is 1.89. The molecule has 1 aromatic carbocycles. The lowest BCUT2D eigenvalue weighted by Crippen LogP contribution is -2.44. The number of aliphatic imine (C=N–C) groups is 1. The van der Waals surface area contributed by atoms with Gasteiger partial charge in [0, 0.05) is 32.2 Å². The second kappa shape index (κ2) is 9.07. The van der Waals surface area contributed by atoms with Crippen molar-refractivity contribution in [1.82, 2.24) is 10.2 Å². The monoisotopic (exact) mass is 459 g/mol. The molecule has 0 saturated carbocycles. The van der Waals surface area contributed by atoms with E-state index in [1.165, 1.54) is 18.4 Å².